The van der Waals surface area contributed by atoms with Crippen molar-refractivity contribution in [1.29, 1.82) is 0 Å². The summed E-state index contributed by atoms with van der Waals surface area (Å²) < 4.78 is 20.6. The Bertz CT molecular complexity index is 392. The number of ether oxygens (including phenoxy) is 4. The Morgan fingerprint density at radius 3 is 1.79 bits per heavy atom. The van der Waals surface area contributed by atoms with E-state index >= 15 is 0 Å². The van der Waals surface area contributed by atoms with Gasteiger partial charge in [-0.25, -0.2) is 0 Å². The van der Waals surface area contributed by atoms with Crippen LogP contribution in [-0.2, 0) is 18.9 Å². The molecule has 0 saturated carbocycles. The number of methoxy groups -OCH3 is 1. The summed E-state index contributed by atoms with van der Waals surface area (Å²) >= 11 is 0. The summed E-state index contributed by atoms with van der Waals surface area (Å²) in [5.74, 6) is 0. The highest BCUT2D eigenvalue weighted by Crippen LogP contribution is 2.29. The average molecular weight is 356 g/mol. The predicted octanol–water partition coefficient (Wildman–Crippen LogP) is -4.74. The summed E-state index contributed by atoms with van der Waals surface area (Å²) in [5.41, 5.74) is 0. The molecule has 2 rings (SSSR count). The molecule has 11 nitrogen and oxygen atoms in total. The SMILES string of the molecule is CO[C@@H]1O[C@H](CO)[C@@H](OC2O[C@H](CO)[C@H](O)[C@H](O)[C@H]2O)[C@H](O)[C@H]1O. The minimum Gasteiger partial charge on any atom is -0.394 e. The number of aliphatic hydroxyl groups is 7. The minimum atomic E-state index is -1.69. The average Bonchev–Trinajstić information content (AvgIpc) is 2.59. The van der Waals surface area contributed by atoms with Crippen molar-refractivity contribution in [2.24, 2.45) is 0 Å². The summed E-state index contributed by atoms with van der Waals surface area (Å²) in [6.45, 7) is -1.24. The topological polar surface area (TPSA) is 179 Å². The third kappa shape index (κ3) is 3.71. The Morgan fingerprint density at radius 1 is 0.708 bits per heavy atom. The molecule has 2 saturated heterocycles. The molecule has 1 unspecified atom stereocenters. The lowest BCUT2D eigenvalue weighted by Crippen LogP contribution is -2.64. The van der Waals surface area contributed by atoms with Gasteiger partial charge >= 0.3 is 0 Å². The Labute approximate surface area is 137 Å². The minimum absolute atomic E-state index is 0.592. The van der Waals surface area contributed by atoms with Crippen LogP contribution in [0, 0.1) is 0 Å². The largest absolute Gasteiger partial charge is 0.394 e. The molecule has 0 aromatic heterocycles. The lowest BCUT2D eigenvalue weighted by molar-refractivity contribution is -0.357. The van der Waals surface area contributed by atoms with Crippen LogP contribution in [0.4, 0.5) is 0 Å². The smallest absolute Gasteiger partial charge is 0.187 e. The van der Waals surface area contributed by atoms with Gasteiger partial charge in [0, 0.05) is 7.11 Å². The lowest BCUT2D eigenvalue weighted by Gasteiger charge is -2.45. The van der Waals surface area contributed by atoms with Crippen molar-refractivity contribution in [2.45, 2.75) is 61.4 Å². The van der Waals surface area contributed by atoms with Crippen LogP contribution in [0.15, 0.2) is 0 Å². The lowest BCUT2D eigenvalue weighted by atomic mass is 9.97. The third-order valence-electron chi connectivity index (χ3n) is 4.19. The van der Waals surface area contributed by atoms with Gasteiger partial charge in [0.05, 0.1) is 13.2 Å². The van der Waals surface area contributed by atoms with E-state index in [0.717, 1.165) is 0 Å². The second-order valence-corrected chi connectivity index (χ2v) is 5.74. The molecule has 0 radical (unpaired) electrons. The first kappa shape index (κ1) is 19.9. The first-order valence-corrected chi connectivity index (χ1v) is 7.46. The van der Waals surface area contributed by atoms with Gasteiger partial charge in [0.1, 0.15) is 48.8 Å². The second-order valence-electron chi connectivity index (χ2n) is 5.74. The van der Waals surface area contributed by atoms with Crippen molar-refractivity contribution in [3.63, 3.8) is 0 Å². The van der Waals surface area contributed by atoms with Gasteiger partial charge < -0.3 is 54.7 Å². The molecule has 0 bridgehead atoms. The summed E-state index contributed by atoms with van der Waals surface area (Å²) in [4.78, 5) is 0. The maximum Gasteiger partial charge on any atom is 0.187 e. The summed E-state index contributed by atoms with van der Waals surface area (Å²) in [6, 6.07) is 0. The van der Waals surface area contributed by atoms with Crippen LogP contribution in [0.1, 0.15) is 0 Å². The van der Waals surface area contributed by atoms with Crippen LogP contribution in [0.5, 0.6) is 0 Å². The third-order valence-corrected chi connectivity index (χ3v) is 4.19. The molecule has 0 aromatic rings. The van der Waals surface area contributed by atoms with Crippen molar-refractivity contribution in [1.82, 2.24) is 0 Å². The first-order chi connectivity index (χ1) is 11.3. The molecule has 10 atom stereocenters. The van der Waals surface area contributed by atoms with Gasteiger partial charge in [-0.3, -0.25) is 0 Å². The Kier molecular flexibility index (Phi) is 6.87. The summed E-state index contributed by atoms with van der Waals surface area (Å²) in [7, 11) is 1.24. The van der Waals surface area contributed by atoms with Crippen LogP contribution >= 0.6 is 0 Å². The quantitative estimate of drug-likeness (QED) is 0.251. The summed E-state index contributed by atoms with van der Waals surface area (Å²) in [5, 5.41) is 68.0. The van der Waals surface area contributed by atoms with E-state index in [1.807, 2.05) is 0 Å². The van der Waals surface area contributed by atoms with Crippen molar-refractivity contribution in [2.75, 3.05) is 20.3 Å². The van der Waals surface area contributed by atoms with Gasteiger partial charge in [0.15, 0.2) is 12.6 Å². The van der Waals surface area contributed by atoms with Crippen molar-refractivity contribution < 1.29 is 54.7 Å². The van der Waals surface area contributed by atoms with Crippen molar-refractivity contribution in [3.05, 3.63) is 0 Å². The van der Waals surface area contributed by atoms with E-state index in [-0.39, 0.29) is 0 Å². The van der Waals surface area contributed by atoms with Crippen LogP contribution in [0.25, 0.3) is 0 Å². The molecule has 7 N–H and O–H groups in total. The molecule has 2 heterocycles. The van der Waals surface area contributed by atoms with Gasteiger partial charge in [-0.15, -0.1) is 0 Å². The highest BCUT2D eigenvalue weighted by atomic mass is 16.7. The predicted molar refractivity (Wildman–Crippen MR) is 73.4 cm³/mol. The van der Waals surface area contributed by atoms with Crippen LogP contribution < -0.4 is 0 Å². The molecule has 11 heteroatoms. The van der Waals surface area contributed by atoms with E-state index < -0.39 is 74.6 Å². The first-order valence-electron chi connectivity index (χ1n) is 7.46. The number of aliphatic hydroxyl groups excluding tert-OH is 7. The maximum absolute atomic E-state index is 10.2. The van der Waals surface area contributed by atoms with E-state index in [1.165, 1.54) is 7.11 Å². The fourth-order valence-electron chi connectivity index (χ4n) is 2.75. The Morgan fingerprint density at radius 2 is 1.25 bits per heavy atom. The van der Waals surface area contributed by atoms with Gasteiger partial charge in [-0.1, -0.05) is 0 Å². The molecular formula is C13H24O11. The van der Waals surface area contributed by atoms with E-state index in [4.69, 9.17) is 24.1 Å². The molecule has 0 aromatic carbocycles. The highest BCUT2D eigenvalue weighted by Gasteiger charge is 2.50. The summed E-state index contributed by atoms with van der Waals surface area (Å²) in [6.07, 6.45) is -14.3. The van der Waals surface area contributed by atoms with E-state index in [0.29, 0.717) is 0 Å². The second kappa shape index (κ2) is 8.29. The Balaban J connectivity index is 2.12. The number of hydrogen-bond donors (Lipinski definition) is 7. The molecule has 0 amide bonds. The Hall–Kier alpha value is -0.440. The molecule has 24 heavy (non-hydrogen) atoms. The standard InChI is InChI=1S/C13H24O11/c1-21-12-10(20)8(18)11(5(3-15)23-12)24-13-9(19)7(17)6(16)4(2-14)22-13/h4-20H,2-3H2,1H3/t4-,5-,6+,7+,8-,9-,10-,11-,12-,13?/m1/s1. The molecule has 2 fully saturated rings. The van der Waals surface area contributed by atoms with Crippen molar-refractivity contribution in [3.8, 4) is 0 Å². The molecule has 2 aliphatic heterocycles. The van der Waals surface area contributed by atoms with E-state index in [9.17, 15) is 30.6 Å². The zero-order chi connectivity index (χ0) is 18.0. The highest BCUT2D eigenvalue weighted by molar-refractivity contribution is 4.93. The fourth-order valence-corrected chi connectivity index (χ4v) is 2.75. The normalized spacial score (nSPS) is 50.0. The maximum atomic E-state index is 10.2. The van der Waals surface area contributed by atoms with Crippen LogP contribution in [0.3, 0.4) is 0 Å². The van der Waals surface area contributed by atoms with E-state index in [2.05, 4.69) is 0 Å². The number of rotatable bonds is 5. The molecule has 0 spiro atoms. The van der Waals surface area contributed by atoms with Gasteiger partial charge in [0.25, 0.3) is 0 Å². The number of hydrogen-bond acceptors (Lipinski definition) is 11. The fraction of sp³-hybridized carbons (Fsp3) is 1.00. The zero-order valence-electron chi connectivity index (χ0n) is 13.0. The van der Waals surface area contributed by atoms with Gasteiger partial charge in [-0.2, -0.15) is 0 Å². The van der Waals surface area contributed by atoms with Gasteiger partial charge in [-0.05, 0) is 0 Å². The molecule has 2 aliphatic rings. The van der Waals surface area contributed by atoms with Crippen LogP contribution in [-0.4, -0.2) is 117 Å². The molecule has 142 valence electrons. The van der Waals surface area contributed by atoms with Crippen molar-refractivity contribution >= 4 is 0 Å². The monoisotopic (exact) mass is 356 g/mol. The van der Waals surface area contributed by atoms with Crippen LogP contribution in [0.2, 0.25) is 0 Å². The van der Waals surface area contributed by atoms with E-state index in [1.54, 1.807) is 0 Å². The van der Waals surface area contributed by atoms with Gasteiger partial charge in [0.2, 0.25) is 0 Å². The molecule has 0 aliphatic carbocycles. The molecular weight excluding hydrogens is 332 g/mol. The zero-order valence-corrected chi connectivity index (χ0v) is 13.0.